The zero-order valence-corrected chi connectivity index (χ0v) is 7.77. The molecule has 0 amide bonds. The van der Waals surface area contributed by atoms with E-state index in [9.17, 15) is 18.3 Å². The van der Waals surface area contributed by atoms with Crippen molar-refractivity contribution in [1.29, 1.82) is 0 Å². The summed E-state index contributed by atoms with van der Waals surface area (Å²) in [5.41, 5.74) is -1.68. The van der Waals surface area contributed by atoms with Crippen LogP contribution in [0.5, 0.6) is 0 Å². The van der Waals surface area contributed by atoms with Gasteiger partial charge in [0.2, 0.25) is 0 Å². The van der Waals surface area contributed by atoms with E-state index >= 15 is 0 Å². The molecule has 0 aromatic carbocycles. The number of aliphatic hydroxyl groups excluding tert-OH is 1. The molecule has 82 valence electrons. The molecule has 2 nitrogen and oxygen atoms in total. The first-order chi connectivity index (χ1) is 6.45. The SMILES string of the molecule is O[C@@H]1CCC[C@H]1NC1(C(F)(F)F)CC1. The van der Waals surface area contributed by atoms with Crippen molar-refractivity contribution in [3.8, 4) is 0 Å². The minimum absolute atomic E-state index is 0.153. The van der Waals surface area contributed by atoms with E-state index in [0.717, 1.165) is 6.42 Å². The lowest BCUT2D eigenvalue weighted by Gasteiger charge is -2.26. The van der Waals surface area contributed by atoms with Crippen LogP contribution in [0.2, 0.25) is 0 Å². The van der Waals surface area contributed by atoms with Gasteiger partial charge in [-0.2, -0.15) is 13.2 Å². The zero-order chi connectivity index (χ0) is 10.4. The Hall–Kier alpha value is -0.290. The molecule has 2 rings (SSSR count). The summed E-state index contributed by atoms with van der Waals surface area (Å²) >= 11 is 0. The summed E-state index contributed by atoms with van der Waals surface area (Å²) in [6, 6.07) is -0.362. The maximum absolute atomic E-state index is 12.5. The molecule has 0 unspecified atom stereocenters. The van der Waals surface area contributed by atoms with Crippen LogP contribution in [0, 0.1) is 0 Å². The van der Waals surface area contributed by atoms with E-state index in [1.807, 2.05) is 0 Å². The highest BCUT2D eigenvalue weighted by Crippen LogP contribution is 2.49. The molecule has 2 aliphatic carbocycles. The van der Waals surface area contributed by atoms with Crippen LogP contribution >= 0.6 is 0 Å². The van der Waals surface area contributed by atoms with Crippen molar-refractivity contribution in [2.24, 2.45) is 0 Å². The first kappa shape index (κ1) is 10.2. The normalized spacial score (nSPS) is 36.0. The van der Waals surface area contributed by atoms with Gasteiger partial charge in [-0.05, 0) is 32.1 Å². The summed E-state index contributed by atoms with van der Waals surface area (Å²) in [5.74, 6) is 0. The van der Waals surface area contributed by atoms with Crippen molar-refractivity contribution in [2.75, 3.05) is 0 Å². The predicted octanol–water partition coefficient (Wildman–Crippen LogP) is 1.58. The van der Waals surface area contributed by atoms with Crippen molar-refractivity contribution < 1.29 is 18.3 Å². The lowest BCUT2D eigenvalue weighted by Crippen LogP contribution is -2.52. The third-order valence-electron chi connectivity index (χ3n) is 3.23. The van der Waals surface area contributed by atoms with Crippen molar-refractivity contribution in [1.82, 2.24) is 5.32 Å². The second-order valence-electron chi connectivity index (χ2n) is 4.33. The van der Waals surface area contributed by atoms with E-state index in [1.165, 1.54) is 0 Å². The Morgan fingerprint density at radius 3 is 2.21 bits per heavy atom. The number of halogens is 3. The topological polar surface area (TPSA) is 32.3 Å². The van der Waals surface area contributed by atoms with Gasteiger partial charge in [0.1, 0.15) is 5.54 Å². The number of nitrogens with one attached hydrogen (secondary N) is 1. The first-order valence-electron chi connectivity index (χ1n) is 4.97. The molecular formula is C9H14F3NO. The maximum atomic E-state index is 12.5. The van der Waals surface area contributed by atoms with E-state index < -0.39 is 17.8 Å². The average Bonchev–Trinajstić information content (AvgIpc) is 2.73. The van der Waals surface area contributed by atoms with Gasteiger partial charge < -0.3 is 5.11 Å². The Bertz CT molecular complexity index is 225. The molecule has 0 saturated heterocycles. The third kappa shape index (κ3) is 1.63. The van der Waals surface area contributed by atoms with Gasteiger partial charge in [0, 0.05) is 6.04 Å². The van der Waals surface area contributed by atoms with E-state index in [0.29, 0.717) is 12.8 Å². The third-order valence-corrected chi connectivity index (χ3v) is 3.23. The van der Waals surface area contributed by atoms with Gasteiger partial charge in [0.05, 0.1) is 6.10 Å². The maximum Gasteiger partial charge on any atom is 0.406 e. The van der Waals surface area contributed by atoms with Gasteiger partial charge in [0.15, 0.2) is 0 Å². The van der Waals surface area contributed by atoms with Crippen molar-refractivity contribution in [2.45, 2.75) is 56.0 Å². The van der Waals surface area contributed by atoms with Crippen molar-refractivity contribution in [3.63, 3.8) is 0 Å². The molecule has 0 aromatic rings. The monoisotopic (exact) mass is 209 g/mol. The summed E-state index contributed by atoms with van der Waals surface area (Å²) in [4.78, 5) is 0. The van der Waals surface area contributed by atoms with Crippen LogP contribution in [0.15, 0.2) is 0 Å². The zero-order valence-electron chi connectivity index (χ0n) is 7.77. The Morgan fingerprint density at radius 1 is 1.21 bits per heavy atom. The summed E-state index contributed by atoms with van der Waals surface area (Å²) in [6.07, 6.45) is -2.39. The molecule has 2 atom stereocenters. The second kappa shape index (κ2) is 3.10. The van der Waals surface area contributed by atoms with Gasteiger partial charge in [-0.25, -0.2) is 0 Å². The van der Waals surface area contributed by atoms with Gasteiger partial charge in [-0.1, -0.05) is 0 Å². The molecule has 2 aliphatic rings. The van der Waals surface area contributed by atoms with Crippen LogP contribution < -0.4 is 5.32 Å². The molecular weight excluding hydrogens is 195 g/mol. The predicted molar refractivity (Wildman–Crippen MR) is 44.8 cm³/mol. The summed E-state index contributed by atoms with van der Waals surface area (Å²) in [6.45, 7) is 0. The van der Waals surface area contributed by atoms with Gasteiger partial charge in [-0.3, -0.25) is 5.32 Å². The van der Waals surface area contributed by atoms with Crippen LogP contribution in [0.25, 0.3) is 0 Å². The molecule has 2 fully saturated rings. The fourth-order valence-electron chi connectivity index (χ4n) is 2.10. The van der Waals surface area contributed by atoms with E-state index in [4.69, 9.17) is 0 Å². The van der Waals surface area contributed by atoms with E-state index in [2.05, 4.69) is 5.32 Å². The number of hydrogen-bond donors (Lipinski definition) is 2. The lowest BCUT2D eigenvalue weighted by molar-refractivity contribution is -0.169. The van der Waals surface area contributed by atoms with Gasteiger partial charge in [0.25, 0.3) is 0 Å². The largest absolute Gasteiger partial charge is 0.406 e. The number of hydrogen-bond acceptors (Lipinski definition) is 2. The highest BCUT2D eigenvalue weighted by Gasteiger charge is 2.64. The molecule has 0 spiro atoms. The standard InChI is InChI=1S/C9H14F3NO/c10-9(11,12)8(4-5-8)13-6-2-1-3-7(6)14/h6-7,13-14H,1-5H2/t6-,7-/m1/s1. The number of alkyl halides is 3. The molecule has 5 heteroatoms. The lowest BCUT2D eigenvalue weighted by atomic mass is 10.1. The fourth-order valence-corrected chi connectivity index (χ4v) is 2.10. The van der Waals surface area contributed by atoms with Crippen LogP contribution in [0.1, 0.15) is 32.1 Å². The van der Waals surface area contributed by atoms with Crippen molar-refractivity contribution in [3.05, 3.63) is 0 Å². The molecule has 0 heterocycles. The Kier molecular flexibility index (Phi) is 2.27. The molecule has 2 N–H and O–H groups in total. The number of aliphatic hydroxyl groups is 1. The molecule has 0 bridgehead atoms. The summed E-state index contributed by atoms with van der Waals surface area (Å²) in [5, 5.41) is 12.0. The van der Waals surface area contributed by atoms with Crippen LogP contribution in [-0.2, 0) is 0 Å². The van der Waals surface area contributed by atoms with Gasteiger partial charge in [-0.15, -0.1) is 0 Å². The van der Waals surface area contributed by atoms with E-state index in [-0.39, 0.29) is 18.9 Å². The molecule has 14 heavy (non-hydrogen) atoms. The Labute approximate surface area is 80.5 Å². The smallest absolute Gasteiger partial charge is 0.392 e. The fraction of sp³-hybridized carbons (Fsp3) is 1.00. The number of rotatable bonds is 2. The Morgan fingerprint density at radius 2 is 1.86 bits per heavy atom. The molecule has 2 saturated carbocycles. The summed E-state index contributed by atoms with van der Waals surface area (Å²) in [7, 11) is 0. The molecule has 0 radical (unpaired) electrons. The second-order valence-corrected chi connectivity index (χ2v) is 4.33. The van der Waals surface area contributed by atoms with E-state index in [1.54, 1.807) is 0 Å². The van der Waals surface area contributed by atoms with Crippen LogP contribution in [0.4, 0.5) is 13.2 Å². The molecule has 0 aliphatic heterocycles. The minimum Gasteiger partial charge on any atom is -0.392 e. The highest BCUT2D eigenvalue weighted by atomic mass is 19.4. The summed E-state index contributed by atoms with van der Waals surface area (Å²) < 4.78 is 37.6. The Balaban J connectivity index is 1.97. The van der Waals surface area contributed by atoms with Crippen LogP contribution in [-0.4, -0.2) is 29.0 Å². The minimum atomic E-state index is -4.17. The first-order valence-corrected chi connectivity index (χ1v) is 4.97. The molecule has 0 aromatic heterocycles. The highest BCUT2D eigenvalue weighted by molar-refractivity contribution is 5.10. The average molecular weight is 209 g/mol. The van der Waals surface area contributed by atoms with Crippen molar-refractivity contribution >= 4 is 0 Å². The van der Waals surface area contributed by atoms with Crippen LogP contribution in [0.3, 0.4) is 0 Å². The van der Waals surface area contributed by atoms with Gasteiger partial charge >= 0.3 is 6.18 Å². The quantitative estimate of drug-likeness (QED) is 0.723.